The lowest BCUT2D eigenvalue weighted by molar-refractivity contribution is -0.130. The number of aromatic amines is 1. The number of amides is 1. The Morgan fingerprint density at radius 3 is 2.61 bits per heavy atom. The van der Waals surface area contributed by atoms with E-state index in [4.69, 9.17) is 4.42 Å². The minimum Gasteiger partial charge on any atom is -0.467 e. The van der Waals surface area contributed by atoms with Crippen LogP contribution in [-0.2, 0) is 24.3 Å². The first-order chi connectivity index (χ1) is 13.3. The molecular formula is C22H25N3O3. The molecule has 0 aliphatic carbocycles. The monoisotopic (exact) mass is 379 g/mol. The first kappa shape index (κ1) is 19.6. The van der Waals surface area contributed by atoms with Crippen LogP contribution in [0.1, 0.15) is 46.5 Å². The highest BCUT2D eigenvalue weighted by atomic mass is 16.3. The van der Waals surface area contributed by atoms with Crippen LogP contribution in [0.3, 0.4) is 0 Å². The predicted octanol–water partition coefficient (Wildman–Crippen LogP) is 3.43. The average molecular weight is 379 g/mol. The van der Waals surface area contributed by atoms with Crippen LogP contribution >= 0.6 is 0 Å². The van der Waals surface area contributed by atoms with Crippen LogP contribution < -0.4 is 5.56 Å². The van der Waals surface area contributed by atoms with Gasteiger partial charge in [-0.1, -0.05) is 23.8 Å². The van der Waals surface area contributed by atoms with E-state index in [1.54, 1.807) is 17.2 Å². The van der Waals surface area contributed by atoms with E-state index in [-0.39, 0.29) is 18.0 Å². The number of carbonyl (C=O) groups excluding carboxylic acids is 1. The van der Waals surface area contributed by atoms with Crippen LogP contribution in [0.25, 0.3) is 0 Å². The van der Waals surface area contributed by atoms with Crippen molar-refractivity contribution in [2.24, 2.45) is 0 Å². The lowest BCUT2D eigenvalue weighted by atomic mass is 9.98. The maximum absolute atomic E-state index is 12.7. The Hall–Kier alpha value is -3.15. The van der Waals surface area contributed by atoms with Gasteiger partial charge in [0.2, 0.25) is 5.91 Å². The van der Waals surface area contributed by atoms with E-state index in [9.17, 15) is 9.59 Å². The number of furan rings is 1. The standard InChI is InChI=1S/C22H25N3O3/c1-14-7-8-15(2)18(10-14)11-20-16(3)23-21(24-22(20)27)13-25(17(4)26)12-19-6-5-9-28-19/h5-10H,11-13H2,1-4H3,(H,23,24,27). The first-order valence-electron chi connectivity index (χ1n) is 9.26. The molecule has 3 aromatic rings. The van der Waals surface area contributed by atoms with Gasteiger partial charge < -0.3 is 14.3 Å². The Kier molecular flexibility index (Phi) is 5.78. The van der Waals surface area contributed by atoms with Gasteiger partial charge in [0.05, 0.1) is 19.4 Å². The van der Waals surface area contributed by atoms with Gasteiger partial charge in [0.1, 0.15) is 11.6 Å². The normalized spacial score (nSPS) is 10.9. The number of rotatable bonds is 6. The van der Waals surface area contributed by atoms with Crippen molar-refractivity contribution in [1.29, 1.82) is 0 Å². The molecule has 2 heterocycles. The molecule has 0 aliphatic heterocycles. The number of aryl methyl sites for hydroxylation is 3. The van der Waals surface area contributed by atoms with Gasteiger partial charge in [-0.2, -0.15) is 0 Å². The van der Waals surface area contributed by atoms with Crippen molar-refractivity contribution in [3.05, 3.63) is 86.5 Å². The van der Waals surface area contributed by atoms with Crippen LogP contribution in [0.15, 0.2) is 45.8 Å². The summed E-state index contributed by atoms with van der Waals surface area (Å²) >= 11 is 0. The molecule has 6 heteroatoms. The van der Waals surface area contributed by atoms with Crippen LogP contribution in [0, 0.1) is 20.8 Å². The SMILES string of the molecule is CC(=O)N(Cc1nc(C)c(Cc2cc(C)ccc2C)c(=O)[nH]1)Cc1ccco1. The van der Waals surface area contributed by atoms with Crippen molar-refractivity contribution >= 4 is 5.91 Å². The molecule has 6 nitrogen and oxygen atoms in total. The smallest absolute Gasteiger partial charge is 0.254 e. The highest BCUT2D eigenvalue weighted by Crippen LogP contribution is 2.16. The molecule has 3 rings (SSSR count). The highest BCUT2D eigenvalue weighted by molar-refractivity contribution is 5.73. The largest absolute Gasteiger partial charge is 0.467 e. The third-order valence-electron chi connectivity index (χ3n) is 4.86. The number of hydrogen-bond donors (Lipinski definition) is 1. The van der Waals surface area contributed by atoms with Gasteiger partial charge in [0.15, 0.2) is 0 Å². The van der Waals surface area contributed by atoms with Gasteiger partial charge in [-0.25, -0.2) is 4.98 Å². The molecular weight excluding hydrogens is 354 g/mol. The Labute approximate surface area is 164 Å². The maximum atomic E-state index is 12.7. The predicted molar refractivity (Wildman–Crippen MR) is 107 cm³/mol. The summed E-state index contributed by atoms with van der Waals surface area (Å²) in [5, 5.41) is 0. The van der Waals surface area contributed by atoms with E-state index in [0.717, 1.165) is 16.7 Å². The summed E-state index contributed by atoms with van der Waals surface area (Å²) in [6, 6.07) is 9.82. The molecule has 0 atom stereocenters. The quantitative estimate of drug-likeness (QED) is 0.712. The van der Waals surface area contributed by atoms with Crippen molar-refractivity contribution in [2.45, 2.75) is 47.2 Å². The minimum atomic E-state index is -0.162. The van der Waals surface area contributed by atoms with Crippen LogP contribution in [0.4, 0.5) is 0 Å². The second-order valence-electron chi connectivity index (χ2n) is 7.14. The van der Waals surface area contributed by atoms with E-state index in [0.29, 0.717) is 35.8 Å². The van der Waals surface area contributed by atoms with Gasteiger partial charge in [0.25, 0.3) is 5.56 Å². The second-order valence-corrected chi connectivity index (χ2v) is 7.14. The fourth-order valence-electron chi connectivity index (χ4n) is 3.18. The van der Waals surface area contributed by atoms with Gasteiger partial charge in [-0.05, 0) is 44.0 Å². The molecule has 0 saturated carbocycles. The van der Waals surface area contributed by atoms with E-state index in [2.05, 4.69) is 28.2 Å². The van der Waals surface area contributed by atoms with Crippen molar-refractivity contribution in [2.75, 3.05) is 0 Å². The molecule has 0 unspecified atom stereocenters. The van der Waals surface area contributed by atoms with Gasteiger partial charge in [-0.15, -0.1) is 0 Å². The second kappa shape index (κ2) is 8.25. The number of aromatic nitrogens is 2. The third kappa shape index (κ3) is 4.57. The van der Waals surface area contributed by atoms with E-state index < -0.39 is 0 Å². The summed E-state index contributed by atoms with van der Waals surface area (Å²) in [5.41, 5.74) is 4.60. The molecule has 1 aromatic carbocycles. The lowest BCUT2D eigenvalue weighted by Gasteiger charge is -2.19. The summed E-state index contributed by atoms with van der Waals surface area (Å²) < 4.78 is 5.32. The molecule has 146 valence electrons. The molecule has 0 fully saturated rings. The van der Waals surface area contributed by atoms with Crippen molar-refractivity contribution in [3.8, 4) is 0 Å². The topological polar surface area (TPSA) is 79.2 Å². The van der Waals surface area contributed by atoms with Gasteiger partial charge >= 0.3 is 0 Å². The maximum Gasteiger partial charge on any atom is 0.254 e. The van der Waals surface area contributed by atoms with Crippen molar-refractivity contribution in [1.82, 2.24) is 14.9 Å². The minimum absolute atomic E-state index is 0.115. The number of nitrogens with zero attached hydrogens (tertiary/aromatic N) is 2. The fourth-order valence-corrected chi connectivity index (χ4v) is 3.18. The van der Waals surface area contributed by atoms with Crippen molar-refractivity contribution < 1.29 is 9.21 Å². The number of benzene rings is 1. The number of carbonyl (C=O) groups is 1. The van der Waals surface area contributed by atoms with Gasteiger partial charge in [0, 0.05) is 24.6 Å². The summed E-state index contributed by atoms with van der Waals surface area (Å²) in [6.45, 7) is 7.95. The Morgan fingerprint density at radius 1 is 1.18 bits per heavy atom. The molecule has 0 aliphatic rings. The third-order valence-corrected chi connectivity index (χ3v) is 4.86. The number of H-pyrrole nitrogens is 1. The van der Waals surface area contributed by atoms with Crippen LogP contribution in [0.2, 0.25) is 0 Å². The lowest BCUT2D eigenvalue weighted by Crippen LogP contribution is -2.30. The highest BCUT2D eigenvalue weighted by Gasteiger charge is 2.16. The van der Waals surface area contributed by atoms with E-state index in [1.165, 1.54) is 6.92 Å². The van der Waals surface area contributed by atoms with Crippen molar-refractivity contribution in [3.63, 3.8) is 0 Å². The van der Waals surface area contributed by atoms with Crippen LogP contribution in [0.5, 0.6) is 0 Å². The zero-order valence-corrected chi connectivity index (χ0v) is 16.7. The van der Waals surface area contributed by atoms with E-state index in [1.807, 2.05) is 26.8 Å². The molecule has 1 N–H and O–H groups in total. The summed E-state index contributed by atoms with van der Waals surface area (Å²) in [4.78, 5) is 33.7. The summed E-state index contributed by atoms with van der Waals surface area (Å²) in [6.07, 6.45) is 2.10. The molecule has 2 aromatic heterocycles. The molecule has 0 spiro atoms. The van der Waals surface area contributed by atoms with Crippen LogP contribution in [-0.4, -0.2) is 20.8 Å². The molecule has 28 heavy (non-hydrogen) atoms. The van der Waals surface area contributed by atoms with Gasteiger partial charge in [-0.3, -0.25) is 9.59 Å². The zero-order valence-electron chi connectivity index (χ0n) is 16.7. The Bertz CT molecular complexity index is 1040. The van der Waals surface area contributed by atoms with E-state index >= 15 is 0 Å². The molecule has 0 saturated heterocycles. The fraction of sp³-hybridized carbons (Fsp3) is 0.318. The molecule has 1 amide bonds. The number of hydrogen-bond acceptors (Lipinski definition) is 4. The first-order valence-corrected chi connectivity index (χ1v) is 9.26. The average Bonchev–Trinajstić information content (AvgIpc) is 3.13. The number of nitrogens with one attached hydrogen (secondary N) is 1. The summed E-state index contributed by atoms with van der Waals surface area (Å²) in [5.74, 6) is 1.03. The summed E-state index contributed by atoms with van der Waals surface area (Å²) in [7, 11) is 0. The molecule has 0 radical (unpaired) electrons. The molecule has 0 bridgehead atoms. The Balaban J connectivity index is 1.83. The zero-order chi connectivity index (χ0) is 20.3. The Morgan fingerprint density at radius 2 is 1.96 bits per heavy atom.